The van der Waals surface area contributed by atoms with E-state index >= 15 is 0 Å². The predicted octanol–water partition coefficient (Wildman–Crippen LogP) is 3.93. The number of amides is 1. The number of carbonyl (C=O) groups is 1. The molecule has 0 radical (unpaired) electrons. The number of carbonyl (C=O) groups excluding carboxylic acids is 1. The number of benzene rings is 2. The minimum Gasteiger partial charge on any atom is -0.396 e. The molecule has 1 amide bonds. The summed E-state index contributed by atoms with van der Waals surface area (Å²) in [6, 6.07) is 12.3. The van der Waals surface area contributed by atoms with E-state index in [1.54, 1.807) is 36.4 Å². The van der Waals surface area contributed by atoms with Crippen LogP contribution in [0.1, 0.15) is 6.42 Å². The van der Waals surface area contributed by atoms with Crippen molar-refractivity contribution in [1.29, 1.82) is 0 Å². The molecule has 1 aromatic heterocycles. The molecule has 2 aromatic carbocycles. The van der Waals surface area contributed by atoms with E-state index < -0.39 is 0 Å². The van der Waals surface area contributed by atoms with Crippen LogP contribution in [0.2, 0.25) is 5.02 Å². The summed E-state index contributed by atoms with van der Waals surface area (Å²) in [6.07, 6.45) is 0.425. The Bertz CT molecular complexity index is 1070. The molecule has 1 heterocycles. The maximum Gasteiger partial charge on any atom is 0.262 e. The highest BCUT2D eigenvalue weighted by molar-refractivity contribution is 9.10. The van der Waals surface area contributed by atoms with Gasteiger partial charge in [0.15, 0.2) is 5.16 Å². The molecule has 0 spiro atoms. The average molecular weight is 483 g/mol. The maximum atomic E-state index is 12.8. The second-order valence-electron chi connectivity index (χ2n) is 5.91. The summed E-state index contributed by atoms with van der Waals surface area (Å²) < 4.78 is 2.32. The van der Waals surface area contributed by atoms with Crippen LogP contribution in [0, 0.1) is 0 Å². The zero-order chi connectivity index (χ0) is 20.1. The van der Waals surface area contributed by atoms with Gasteiger partial charge in [0, 0.05) is 17.6 Å². The molecule has 0 unspecified atom stereocenters. The number of aromatic nitrogens is 2. The van der Waals surface area contributed by atoms with E-state index in [9.17, 15) is 9.59 Å². The van der Waals surface area contributed by atoms with Gasteiger partial charge in [0.1, 0.15) is 0 Å². The maximum absolute atomic E-state index is 12.8. The van der Waals surface area contributed by atoms with Gasteiger partial charge in [-0.2, -0.15) is 0 Å². The van der Waals surface area contributed by atoms with Gasteiger partial charge in [0.2, 0.25) is 5.91 Å². The third kappa shape index (κ3) is 4.94. The number of anilines is 1. The van der Waals surface area contributed by atoms with Crippen LogP contribution in [0.5, 0.6) is 0 Å². The van der Waals surface area contributed by atoms with Crippen molar-refractivity contribution in [3.8, 4) is 0 Å². The van der Waals surface area contributed by atoms with Crippen LogP contribution in [-0.2, 0) is 11.3 Å². The van der Waals surface area contributed by atoms with Gasteiger partial charge in [0.25, 0.3) is 5.56 Å². The molecule has 3 rings (SSSR count). The highest BCUT2D eigenvalue weighted by Crippen LogP contribution is 2.26. The lowest BCUT2D eigenvalue weighted by molar-refractivity contribution is -0.113. The standard InChI is InChI=1S/C19H17BrClN3O3S/c20-12-6-7-16(14(21)10-12)22-17(26)11-28-19-23-15-5-2-1-4-13(15)18(27)24(19)8-3-9-25/h1-2,4-7,10,25H,3,8-9,11H2,(H,22,26). The average Bonchev–Trinajstić information content (AvgIpc) is 2.68. The second-order valence-corrected chi connectivity index (χ2v) is 8.17. The number of nitrogens with zero attached hydrogens (tertiary/aromatic N) is 2. The van der Waals surface area contributed by atoms with Gasteiger partial charge in [-0.1, -0.05) is 51.4 Å². The van der Waals surface area contributed by atoms with Crippen molar-refractivity contribution >= 4 is 61.8 Å². The van der Waals surface area contributed by atoms with Gasteiger partial charge in [-0.25, -0.2) is 4.98 Å². The van der Waals surface area contributed by atoms with Crippen molar-refractivity contribution in [2.24, 2.45) is 0 Å². The van der Waals surface area contributed by atoms with Gasteiger partial charge in [-0.05, 0) is 36.8 Å². The molecule has 28 heavy (non-hydrogen) atoms. The Morgan fingerprint density at radius 1 is 1.29 bits per heavy atom. The van der Waals surface area contributed by atoms with Crippen molar-refractivity contribution in [2.75, 3.05) is 17.7 Å². The Morgan fingerprint density at radius 2 is 2.07 bits per heavy atom. The highest BCUT2D eigenvalue weighted by Gasteiger charge is 2.14. The minimum atomic E-state index is -0.259. The molecule has 3 aromatic rings. The normalized spacial score (nSPS) is 11.0. The quantitative estimate of drug-likeness (QED) is 0.394. The number of aliphatic hydroxyl groups excluding tert-OH is 1. The third-order valence-electron chi connectivity index (χ3n) is 3.90. The highest BCUT2D eigenvalue weighted by atomic mass is 79.9. The number of nitrogens with one attached hydrogen (secondary N) is 1. The molecule has 0 aliphatic rings. The topological polar surface area (TPSA) is 84.2 Å². The number of thioether (sulfide) groups is 1. The molecule has 2 N–H and O–H groups in total. The minimum absolute atomic E-state index is 0.0358. The molecule has 0 fully saturated rings. The van der Waals surface area contributed by atoms with Crippen LogP contribution < -0.4 is 10.9 Å². The van der Waals surface area contributed by atoms with Crippen molar-refractivity contribution < 1.29 is 9.90 Å². The first kappa shape index (κ1) is 20.9. The summed E-state index contributed by atoms with van der Waals surface area (Å²) in [6.45, 7) is 0.293. The molecular weight excluding hydrogens is 466 g/mol. The number of halogens is 2. The fourth-order valence-electron chi connectivity index (χ4n) is 2.59. The molecule has 146 valence electrons. The molecule has 9 heteroatoms. The zero-order valence-corrected chi connectivity index (χ0v) is 17.9. The summed E-state index contributed by atoms with van der Waals surface area (Å²) in [5.41, 5.74) is 0.907. The Kier molecular flexibility index (Phi) is 7.12. The van der Waals surface area contributed by atoms with Gasteiger partial charge in [-0.3, -0.25) is 14.2 Å². The number of fused-ring (bicyclic) bond motifs is 1. The van der Waals surface area contributed by atoms with Crippen LogP contribution in [0.4, 0.5) is 5.69 Å². The van der Waals surface area contributed by atoms with Crippen molar-refractivity contribution in [3.63, 3.8) is 0 Å². The third-order valence-corrected chi connectivity index (χ3v) is 5.69. The SMILES string of the molecule is O=C(CSc1nc2ccccc2c(=O)n1CCCO)Nc1ccc(Br)cc1Cl. The number of para-hydroxylation sites is 1. The summed E-state index contributed by atoms with van der Waals surface area (Å²) in [4.78, 5) is 29.6. The Morgan fingerprint density at radius 3 is 2.82 bits per heavy atom. The van der Waals surface area contributed by atoms with E-state index in [1.165, 1.54) is 16.3 Å². The fraction of sp³-hybridized carbons (Fsp3) is 0.211. The molecule has 0 aliphatic heterocycles. The van der Waals surface area contributed by atoms with E-state index in [4.69, 9.17) is 16.7 Å². The molecule has 0 aliphatic carbocycles. The first-order valence-corrected chi connectivity index (χ1v) is 10.6. The van der Waals surface area contributed by atoms with Crippen LogP contribution >= 0.6 is 39.3 Å². The number of rotatable bonds is 7. The Hall–Kier alpha value is -1.87. The van der Waals surface area contributed by atoms with Crippen molar-refractivity contribution in [1.82, 2.24) is 9.55 Å². The number of hydrogen-bond donors (Lipinski definition) is 2. The monoisotopic (exact) mass is 481 g/mol. The summed E-state index contributed by atoms with van der Waals surface area (Å²) in [5.74, 6) is -0.193. The van der Waals surface area contributed by atoms with E-state index in [1.807, 2.05) is 6.07 Å². The largest absolute Gasteiger partial charge is 0.396 e. The lowest BCUT2D eigenvalue weighted by Crippen LogP contribution is -2.24. The predicted molar refractivity (Wildman–Crippen MR) is 116 cm³/mol. The number of aliphatic hydroxyl groups is 1. The Labute approximate surface area is 179 Å². The first-order chi connectivity index (χ1) is 13.5. The van der Waals surface area contributed by atoms with Crippen LogP contribution in [0.3, 0.4) is 0 Å². The summed E-state index contributed by atoms with van der Waals surface area (Å²) in [7, 11) is 0. The lowest BCUT2D eigenvalue weighted by Gasteiger charge is -2.13. The first-order valence-electron chi connectivity index (χ1n) is 8.47. The molecule has 6 nitrogen and oxygen atoms in total. The van der Waals surface area contributed by atoms with Crippen molar-refractivity contribution in [2.45, 2.75) is 18.1 Å². The molecule has 0 bridgehead atoms. The van der Waals surface area contributed by atoms with Gasteiger partial charge >= 0.3 is 0 Å². The molecule has 0 atom stereocenters. The summed E-state index contributed by atoms with van der Waals surface area (Å²) >= 11 is 10.6. The molecule has 0 saturated carbocycles. The van der Waals surface area contributed by atoms with Gasteiger partial charge in [-0.15, -0.1) is 0 Å². The van der Waals surface area contributed by atoms with E-state index in [-0.39, 0.29) is 23.8 Å². The molecule has 0 saturated heterocycles. The Balaban J connectivity index is 1.80. The lowest BCUT2D eigenvalue weighted by atomic mass is 10.2. The van der Waals surface area contributed by atoms with Crippen LogP contribution in [0.25, 0.3) is 10.9 Å². The van der Waals surface area contributed by atoms with Crippen LogP contribution in [-0.4, -0.2) is 32.9 Å². The van der Waals surface area contributed by atoms with Crippen LogP contribution in [0.15, 0.2) is 56.9 Å². The van der Waals surface area contributed by atoms with Crippen molar-refractivity contribution in [3.05, 3.63) is 62.3 Å². The van der Waals surface area contributed by atoms with Gasteiger partial charge < -0.3 is 10.4 Å². The second kappa shape index (κ2) is 9.56. The molecular formula is C19H17BrClN3O3S. The fourth-order valence-corrected chi connectivity index (χ4v) is 4.14. The smallest absolute Gasteiger partial charge is 0.262 e. The van der Waals surface area contributed by atoms with E-state index in [0.29, 0.717) is 39.7 Å². The summed E-state index contributed by atoms with van der Waals surface area (Å²) in [5, 5.41) is 13.3. The number of hydrogen-bond acceptors (Lipinski definition) is 5. The van der Waals surface area contributed by atoms with E-state index in [0.717, 1.165) is 4.47 Å². The van der Waals surface area contributed by atoms with Gasteiger partial charge in [0.05, 0.1) is 27.4 Å². The zero-order valence-electron chi connectivity index (χ0n) is 14.7. The van der Waals surface area contributed by atoms with E-state index in [2.05, 4.69) is 26.2 Å².